The van der Waals surface area contributed by atoms with E-state index in [4.69, 9.17) is 9.47 Å². The summed E-state index contributed by atoms with van der Waals surface area (Å²) in [7, 11) is 0. The van der Waals surface area contributed by atoms with Gasteiger partial charge in [-0.05, 0) is 11.5 Å². The standard InChI is InChI=1S/C18H28N2O2/c1-14(2)15-4-3-5-16-17(6-11-22-18(15)16)19-7-8-20-9-12-21-13-10-20/h3-5,14,17,19H,6-13H2,1-2H3. The summed E-state index contributed by atoms with van der Waals surface area (Å²) >= 11 is 0. The summed E-state index contributed by atoms with van der Waals surface area (Å²) in [5, 5.41) is 3.73. The summed E-state index contributed by atoms with van der Waals surface area (Å²) in [5.41, 5.74) is 2.66. The Morgan fingerprint density at radius 2 is 2.05 bits per heavy atom. The van der Waals surface area contributed by atoms with Crippen molar-refractivity contribution in [3.05, 3.63) is 29.3 Å². The Kier molecular flexibility index (Phi) is 5.34. The van der Waals surface area contributed by atoms with Gasteiger partial charge in [0.1, 0.15) is 5.75 Å². The van der Waals surface area contributed by atoms with Crippen LogP contribution in [0.4, 0.5) is 0 Å². The quantitative estimate of drug-likeness (QED) is 0.906. The molecule has 122 valence electrons. The summed E-state index contributed by atoms with van der Waals surface area (Å²) in [5.74, 6) is 1.62. The molecule has 4 nitrogen and oxygen atoms in total. The Morgan fingerprint density at radius 1 is 1.23 bits per heavy atom. The number of morpholine rings is 1. The summed E-state index contributed by atoms with van der Waals surface area (Å²) < 4.78 is 11.4. The minimum atomic E-state index is 0.420. The molecule has 0 bridgehead atoms. The maximum Gasteiger partial charge on any atom is 0.127 e. The molecule has 1 unspecified atom stereocenters. The van der Waals surface area contributed by atoms with E-state index in [1.807, 2.05) is 0 Å². The fourth-order valence-corrected chi connectivity index (χ4v) is 3.34. The molecule has 3 rings (SSSR count). The van der Waals surface area contributed by atoms with Crippen LogP contribution in [0.5, 0.6) is 5.75 Å². The highest BCUT2D eigenvalue weighted by molar-refractivity contribution is 5.46. The Balaban J connectivity index is 1.60. The predicted octanol–water partition coefficient (Wildman–Crippen LogP) is 2.56. The average Bonchev–Trinajstić information content (AvgIpc) is 2.55. The van der Waals surface area contributed by atoms with E-state index in [0.717, 1.165) is 58.2 Å². The molecule has 1 aromatic carbocycles. The zero-order valence-corrected chi connectivity index (χ0v) is 13.8. The van der Waals surface area contributed by atoms with Gasteiger partial charge in [-0.1, -0.05) is 32.0 Å². The van der Waals surface area contributed by atoms with Gasteiger partial charge in [-0.3, -0.25) is 4.90 Å². The number of benzene rings is 1. The minimum Gasteiger partial charge on any atom is -0.493 e. The van der Waals surface area contributed by atoms with E-state index < -0.39 is 0 Å². The van der Waals surface area contributed by atoms with Gasteiger partial charge in [-0.15, -0.1) is 0 Å². The van der Waals surface area contributed by atoms with Crippen LogP contribution in [0.3, 0.4) is 0 Å². The van der Waals surface area contributed by atoms with E-state index in [1.165, 1.54) is 11.1 Å². The molecular formula is C18H28N2O2. The average molecular weight is 304 g/mol. The number of nitrogens with one attached hydrogen (secondary N) is 1. The number of hydrogen-bond donors (Lipinski definition) is 1. The zero-order valence-electron chi connectivity index (χ0n) is 13.8. The Morgan fingerprint density at radius 3 is 2.82 bits per heavy atom. The summed E-state index contributed by atoms with van der Waals surface area (Å²) in [6.07, 6.45) is 1.05. The molecule has 1 N–H and O–H groups in total. The van der Waals surface area contributed by atoms with Gasteiger partial charge in [0, 0.05) is 44.2 Å². The lowest BCUT2D eigenvalue weighted by molar-refractivity contribution is 0.0379. The van der Waals surface area contributed by atoms with Crippen molar-refractivity contribution in [3.63, 3.8) is 0 Å². The zero-order chi connectivity index (χ0) is 15.4. The molecular weight excluding hydrogens is 276 g/mol. The highest BCUT2D eigenvalue weighted by atomic mass is 16.5. The third-order valence-electron chi connectivity index (χ3n) is 4.65. The molecule has 0 aliphatic carbocycles. The van der Waals surface area contributed by atoms with Gasteiger partial charge in [0.25, 0.3) is 0 Å². The van der Waals surface area contributed by atoms with Crippen LogP contribution in [-0.4, -0.2) is 50.9 Å². The van der Waals surface area contributed by atoms with Crippen molar-refractivity contribution in [2.24, 2.45) is 0 Å². The highest BCUT2D eigenvalue weighted by Crippen LogP contribution is 2.37. The van der Waals surface area contributed by atoms with E-state index in [-0.39, 0.29) is 0 Å². The fraction of sp³-hybridized carbons (Fsp3) is 0.667. The molecule has 2 aliphatic heterocycles. The highest BCUT2D eigenvalue weighted by Gasteiger charge is 2.24. The molecule has 1 atom stereocenters. The molecule has 1 fully saturated rings. The van der Waals surface area contributed by atoms with Crippen LogP contribution in [0, 0.1) is 0 Å². The lowest BCUT2D eigenvalue weighted by Gasteiger charge is -2.31. The van der Waals surface area contributed by atoms with Crippen LogP contribution in [-0.2, 0) is 4.74 Å². The summed E-state index contributed by atoms with van der Waals surface area (Å²) in [6.45, 7) is 11.3. The minimum absolute atomic E-state index is 0.420. The third-order valence-corrected chi connectivity index (χ3v) is 4.65. The van der Waals surface area contributed by atoms with Crippen molar-refractivity contribution in [1.29, 1.82) is 0 Å². The topological polar surface area (TPSA) is 33.7 Å². The monoisotopic (exact) mass is 304 g/mol. The van der Waals surface area contributed by atoms with Crippen molar-refractivity contribution < 1.29 is 9.47 Å². The molecule has 0 saturated carbocycles. The molecule has 0 spiro atoms. The third kappa shape index (κ3) is 3.62. The van der Waals surface area contributed by atoms with Gasteiger partial charge in [0.05, 0.1) is 19.8 Å². The predicted molar refractivity (Wildman–Crippen MR) is 88.6 cm³/mol. The fourth-order valence-electron chi connectivity index (χ4n) is 3.34. The smallest absolute Gasteiger partial charge is 0.127 e. The second-order valence-corrected chi connectivity index (χ2v) is 6.52. The first-order chi connectivity index (χ1) is 10.8. The second kappa shape index (κ2) is 7.44. The van der Waals surface area contributed by atoms with Gasteiger partial charge < -0.3 is 14.8 Å². The Bertz CT molecular complexity index is 484. The first-order valence-electron chi connectivity index (χ1n) is 8.55. The van der Waals surface area contributed by atoms with E-state index in [9.17, 15) is 0 Å². The van der Waals surface area contributed by atoms with Crippen molar-refractivity contribution >= 4 is 0 Å². The number of rotatable bonds is 5. The van der Waals surface area contributed by atoms with E-state index in [1.54, 1.807) is 0 Å². The molecule has 2 aliphatic rings. The number of ether oxygens (including phenoxy) is 2. The lowest BCUT2D eigenvalue weighted by Crippen LogP contribution is -2.41. The maximum absolute atomic E-state index is 5.98. The van der Waals surface area contributed by atoms with Crippen molar-refractivity contribution in [2.75, 3.05) is 46.0 Å². The Labute approximate surface area is 133 Å². The molecule has 0 aromatic heterocycles. The van der Waals surface area contributed by atoms with Gasteiger partial charge >= 0.3 is 0 Å². The number of hydrogen-bond acceptors (Lipinski definition) is 4. The molecule has 4 heteroatoms. The number of para-hydroxylation sites is 1. The van der Waals surface area contributed by atoms with E-state index in [2.05, 4.69) is 42.3 Å². The van der Waals surface area contributed by atoms with Crippen LogP contribution in [0.25, 0.3) is 0 Å². The first kappa shape index (κ1) is 15.8. The number of nitrogens with zero attached hydrogens (tertiary/aromatic N) is 1. The van der Waals surface area contributed by atoms with Crippen LogP contribution in [0.2, 0.25) is 0 Å². The van der Waals surface area contributed by atoms with E-state index in [0.29, 0.717) is 12.0 Å². The van der Waals surface area contributed by atoms with Gasteiger partial charge in [0.2, 0.25) is 0 Å². The summed E-state index contributed by atoms with van der Waals surface area (Å²) in [6, 6.07) is 7.00. The molecule has 22 heavy (non-hydrogen) atoms. The maximum atomic E-state index is 5.98. The molecule has 1 aromatic rings. The Hall–Kier alpha value is -1.10. The van der Waals surface area contributed by atoms with E-state index >= 15 is 0 Å². The van der Waals surface area contributed by atoms with Crippen molar-refractivity contribution in [2.45, 2.75) is 32.2 Å². The molecule has 2 heterocycles. The van der Waals surface area contributed by atoms with Crippen LogP contribution >= 0.6 is 0 Å². The normalized spacial score (nSPS) is 22.4. The SMILES string of the molecule is CC(C)c1cccc2c1OCCC2NCCN1CCOCC1. The van der Waals surface area contributed by atoms with Gasteiger partial charge in [-0.2, -0.15) is 0 Å². The molecule has 0 amide bonds. The second-order valence-electron chi connectivity index (χ2n) is 6.52. The summed E-state index contributed by atoms with van der Waals surface area (Å²) in [4.78, 5) is 2.47. The number of fused-ring (bicyclic) bond motifs is 1. The van der Waals surface area contributed by atoms with Crippen molar-refractivity contribution in [3.8, 4) is 5.75 Å². The van der Waals surface area contributed by atoms with Crippen LogP contribution < -0.4 is 10.1 Å². The lowest BCUT2D eigenvalue weighted by atomic mass is 9.93. The largest absolute Gasteiger partial charge is 0.493 e. The molecule has 1 saturated heterocycles. The van der Waals surface area contributed by atoms with Gasteiger partial charge in [0.15, 0.2) is 0 Å². The van der Waals surface area contributed by atoms with Crippen molar-refractivity contribution in [1.82, 2.24) is 10.2 Å². The molecule has 0 radical (unpaired) electrons. The van der Waals surface area contributed by atoms with Gasteiger partial charge in [-0.25, -0.2) is 0 Å². The van der Waals surface area contributed by atoms with Crippen LogP contribution in [0.15, 0.2) is 18.2 Å². The first-order valence-corrected chi connectivity index (χ1v) is 8.55. The van der Waals surface area contributed by atoms with Crippen LogP contribution in [0.1, 0.15) is 43.4 Å².